The van der Waals surface area contributed by atoms with Crippen molar-refractivity contribution in [1.82, 2.24) is 0 Å². The summed E-state index contributed by atoms with van der Waals surface area (Å²) in [4.78, 5) is 0. The average Bonchev–Trinajstić information content (AvgIpc) is 2.09. The van der Waals surface area contributed by atoms with Crippen LogP contribution in [0.25, 0.3) is 0 Å². The van der Waals surface area contributed by atoms with E-state index < -0.39 is 0 Å². The van der Waals surface area contributed by atoms with Gasteiger partial charge in [-0.1, -0.05) is 33.6 Å². The Morgan fingerprint density at radius 3 is 2.62 bits per heavy atom. The SMILES string of the molecule is CCCCCSCOCCC(C)C. The van der Waals surface area contributed by atoms with Gasteiger partial charge in [0.05, 0.1) is 5.94 Å². The Labute approximate surface area is 87.6 Å². The third kappa shape index (κ3) is 12.3. The third-order valence-corrected chi connectivity index (χ3v) is 2.81. The quantitative estimate of drug-likeness (QED) is 0.416. The maximum Gasteiger partial charge on any atom is 0.0920 e. The van der Waals surface area contributed by atoms with Gasteiger partial charge in [0.25, 0.3) is 0 Å². The second-order valence-corrected chi connectivity index (χ2v) is 4.88. The molecule has 0 atom stereocenters. The van der Waals surface area contributed by atoms with Gasteiger partial charge < -0.3 is 4.74 Å². The summed E-state index contributed by atoms with van der Waals surface area (Å²) in [5.74, 6) is 2.91. The summed E-state index contributed by atoms with van der Waals surface area (Å²) >= 11 is 1.92. The van der Waals surface area contributed by atoms with Gasteiger partial charge in [-0.05, 0) is 24.5 Å². The van der Waals surface area contributed by atoms with Crippen molar-refractivity contribution in [2.45, 2.75) is 46.5 Å². The molecule has 1 nitrogen and oxygen atoms in total. The van der Waals surface area contributed by atoms with E-state index in [1.54, 1.807) is 0 Å². The predicted octanol–water partition coefficient (Wildman–Crippen LogP) is 3.93. The molecule has 0 aromatic heterocycles. The van der Waals surface area contributed by atoms with Crippen molar-refractivity contribution < 1.29 is 4.74 Å². The van der Waals surface area contributed by atoms with Crippen LogP contribution in [0.3, 0.4) is 0 Å². The molecule has 0 aliphatic heterocycles. The van der Waals surface area contributed by atoms with Crippen molar-refractivity contribution in [3.8, 4) is 0 Å². The van der Waals surface area contributed by atoms with Crippen LogP contribution in [-0.2, 0) is 4.74 Å². The fourth-order valence-corrected chi connectivity index (χ4v) is 1.71. The molecular formula is C11H24OS. The first kappa shape index (κ1) is 13.3. The maximum atomic E-state index is 5.49. The van der Waals surface area contributed by atoms with Crippen LogP contribution in [0.5, 0.6) is 0 Å². The summed E-state index contributed by atoms with van der Waals surface area (Å²) < 4.78 is 5.49. The Bertz CT molecular complexity index is 94.1. The Morgan fingerprint density at radius 2 is 2.00 bits per heavy atom. The first-order valence-electron chi connectivity index (χ1n) is 5.42. The van der Waals surface area contributed by atoms with E-state index in [-0.39, 0.29) is 0 Å². The molecule has 2 heteroatoms. The van der Waals surface area contributed by atoms with Crippen LogP contribution >= 0.6 is 11.8 Å². The van der Waals surface area contributed by atoms with Crippen LogP contribution in [0.1, 0.15) is 46.5 Å². The largest absolute Gasteiger partial charge is 0.371 e. The van der Waals surface area contributed by atoms with Gasteiger partial charge in [-0.25, -0.2) is 0 Å². The Kier molecular flexibility index (Phi) is 10.6. The summed E-state index contributed by atoms with van der Waals surface area (Å²) in [5, 5.41) is 0. The van der Waals surface area contributed by atoms with Crippen molar-refractivity contribution in [2.75, 3.05) is 18.3 Å². The van der Waals surface area contributed by atoms with Gasteiger partial charge in [0, 0.05) is 6.61 Å². The van der Waals surface area contributed by atoms with Crippen molar-refractivity contribution in [3.05, 3.63) is 0 Å². The second kappa shape index (κ2) is 10.4. The normalized spacial score (nSPS) is 11.1. The van der Waals surface area contributed by atoms with Crippen molar-refractivity contribution >= 4 is 11.8 Å². The number of thioether (sulfide) groups is 1. The van der Waals surface area contributed by atoms with Crippen LogP contribution in [0.2, 0.25) is 0 Å². The zero-order valence-electron chi connectivity index (χ0n) is 9.34. The van der Waals surface area contributed by atoms with Crippen molar-refractivity contribution in [3.63, 3.8) is 0 Å². The van der Waals surface area contributed by atoms with Crippen molar-refractivity contribution in [2.24, 2.45) is 5.92 Å². The van der Waals surface area contributed by atoms with E-state index in [0.29, 0.717) is 0 Å². The molecule has 0 bridgehead atoms. The highest BCUT2D eigenvalue weighted by molar-refractivity contribution is 7.99. The average molecular weight is 204 g/mol. The molecule has 0 heterocycles. The molecule has 0 unspecified atom stereocenters. The molecule has 0 rings (SSSR count). The van der Waals surface area contributed by atoms with E-state index >= 15 is 0 Å². The highest BCUT2D eigenvalue weighted by atomic mass is 32.2. The van der Waals surface area contributed by atoms with Crippen LogP contribution in [0.15, 0.2) is 0 Å². The van der Waals surface area contributed by atoms with Crippen LogP contribution in [-0.4, -0.2) is 18.3 Å². The lowest BCUT2D eigenvalue weighted by molar-refractivity contribution is 0.168. The number of unbranched alkanes of at least 4 members (excludes halogenated alkanes) is 2. The highest BCUT2D eigenvalue weighted by Crippen LogP contribution is 2.07. The van der Waals surface area contributed by atoms with Crippen LogP contribution < -0.4 is 0 Å². The molecule has 0 N–H and O–H groups in total. The molecule has 0 fully saturated rings. The highest BCUT2D eigenvalue weighted by Gasteiger charge is 1.93. The first-order valence-corrected chi connectivity index (χ1v) is 6.58. The lowest BCUT2D eigenvalue weighted by Crippen LogP contribution is -1.98. The summed E-state index contributed by atoms with van der Waals surface area (Å²) in [6.07, 6.45) is 5.21. The van der Waals surface area contributed by atoms with Gasteiger partial charge in [-0.15, -0.1) is 11.8 Å². The number of rotatable bonds is 9. The molecule has 0 radical (unpaired) electrons. The summed E-state index contributed by atoms with van der Waals surface area (Å²) in [7, 11) is 0. The fraction of sp³-hybridized carbons (Fsp3) is 1.00. The monoisotopic (exact) mass is 204 g/mol. The molecular weight excluding hydrogens is 180 g/mol. The van der Waals surface area contributed by atoms with Crippen LogP contribution in [0.4, 0.5) is 0 Å². The lowest BCUT2D eigenvalue weighted by atomic mass is 10.1. The van der Waals surface area contributed by atoms with E-state index in [1.165, 1.54) is 31.4 Å². The van der Waals surface area contributed by atoms with E-state index in [0.717, 1.165) is 18.5 Å². The summed E-state index contributed by atoms with van der Waals surface area (Å²) in [6.45, 7) is 7.64. The standard InChI is InChI=1S/C11H24OS/c1-4-5-6-9-13-10-12-8-7-11(2)3/h11H,4-10H2,1-3H3. The number of hydrogen-bond donors (Lipinski definition) is 0. The second-order valence-electron chi connectivity index (χ2n) is 3.82. The minimum Gasteiger partial charge on any atom is -0.371 e. The van der Waals surface area contributed by atoms with E-state index in [9.17, 15) is 0 Å². The molecule has 13 heavy (non-hydrogen) atoms. The number of hydrogen-bond acceptors (Lipinski definition) is 2. The van der Waals surface area contributed by atoms with Gasteiger partial charge in [0.1, 0.15) is 0 Å². The van der Waals surface area contributed by atoms with Gasteiger partial charge >= 0.3 is 0 Å². The molecule has 0 saturated carbocycles. The molecule has 0 saturated heterocycles. The lowest BCUT2D eigenvalue weighted by Gasteiger charge is -2.05. The Balaban J connectivity index is 2.84. The molecule has 80 valence electrons. The molecule has 0 aliphatic rings. The maximum absolute atomic E-state index is 5.49. The molecule has 0 amide bonds. The molecule has 0 aliphatic carbocycles. The van der Waals surface area contributed by atoms with Gasteiger partial charge in [-0.2, -0.15) is 0 Å². The van der Waals surface area contributed by atoms with Gasteiger partial charge in [-0.3, -0.25) is 0 Å². The Hall–Kier alpha value is 0.310. The molecule has 0 spiro atoms. The minimum absolute atomic E-state index is 0.769. The fourth-order valence-electron chi connectivity index (χ4n) is 0.950. The van der Waals surface area contributed by atoms with Crippen LogP contribution in [0, 0.1) is 5.92 Å². The first-order chi connectivity index (χ1) is 6.27. The predicted molar refractivity (Wildman–Crippen MR) is 62.3 cm³/mol. The third-order valence-electron chi connectivity index (χ3n) is 1.90. The van der Waals surface area contributed by atoms with E-state index in [1.807, 2.05) is 11.8 Å². The number of ether oxygens (including phenoxy) is 1. The minimum atomic E-state index is 0.769. The molecule has 0 aromatic rings. The summed E-state index contributed by atoms with van der Waals surface area (Å²) in [6, 6.07) is 0. The smallest absolute Gasteiger partial charge is 0.0920 e. The van der Waals surface area contributed by atoms with Crippen molar-refractivity contribution in [1.29, 1.82) is 0 Å². The van der Waals surface area contributed by atoms with Gasteiger partial charge in [0.2, 0.25) is 0 Å². The zero-order valence-corrected chi connectivity index (χ0v) is 10.2. The van der Waals surface area contributed by atoms with Gasteiger partial charge in [0.15, 0.2) is 0 Å². The zero-order chi connectivity index (χ0) is 9.94. The topological polar surface area (TPSA) is 9.23 Å². The van der Waals surface area contributed by atoms with E-state index in [4.69, 9.17) is 4.74 Å². The Morgan fingerprint density at radius 1 is 1.23 bits per heavy atom. The van der Waals surface area contributed by atoms with E-state index in [2.05, 4.69) is 20.8 Å². The molecule has 0 aromatic carbocycles. The summed E-state index contributed by atoms with van der Waals surface area (Å²) in [5.41, 5.74) is 0.